The smallest absolute Gasteiger partial charge is 0.242 e. The van der Waals surface area contributed by atoms with E-state index in [0.717, 1.165) is 40.7 Å². The Labute approximate surface area is 210 Å². The van der Waals surface area contributed by atoms with Crippen LogP contribution in [-0.4, -0.2) is 50.5 Å². The Kier molecular flexibility index (Phi) is 10.5. The third-order valence-electron chi connectivity index (χ3n) is 5.30. The zero-order valence-electron chi connectivity index (χ0n) is 19.9. The number of benzene rings is 2. The molecule has 0 saturated heterocycles. The quantitative estimate of drug-likeness (QED) is 0.448. The molecule has 7 nitrogen and oxygen atoms in total. The predicted molar refractivity (Wildman–Crippen MR) is 133 cm³/mol. The predicted octanol–water partition coefficient (Wildman–Crippen LogP) is 4.11. The van der Waals surface area contributed by atoms with Crippen LogP contribution in [0.1, 0.15) is 38.7 Å². The average Bonchev–Trinajstić information content (AvgIpc) is 2.79. The van der Waals surface area contributed by atoms with Crippen LogP contribution in [0.5, 0.6) is 0 Å². The van der Waals surface area contributed by atoms with Gasteiger partial charge in [-0.3, -0.25) is 13.9 Å². The van der Waals surface area contributed by atoms with Gasteiger partial charge in [-0.2, -0.15) is 0 Å². The Morgan fingerprint density at radius 1 is 1.11 bits per heavy atom. The Hall–Kier alpha value is -2.72. The maximum atomic E-state index is 13.7. The van der Waals surface area contributed by atoms with Gasteiger partial charge in [0, 0.05) is 37.1 Å². The number of amides is 2. The van der Waals surface area contributed by atoms with Crippen LogP contribution in [0.25, 0.3) is 0 Å². The number of nitrogens with zero attached hydrogens (tertiary/aromatic N) is 2. The summed E-state index contributed by atoms with van der Waals surface area (Å²) in [7, 11) is -3.82. The number of carbonyl (C=O) groups excluding carboxylic acids is 2. The third-order valence-corrected chi connectivity index (χ3v) is 6.73. The molecular formula is C24H30ClF2N3O4S. The topological polar surface area (TPSA) is 86.8 Å². The van der Waals surface area contributed by atoms with Crippen molar-refractivity contribution in [2.24, 2.45) is 0 Å². The lowest BCUT2D eigenvalue weighted by molar-refractivity contribution is -0.140. The zero-order valence-corrected chi connectivity index (χ0v) is 21.5. The minimum absolute atomic E-state index is 0.0399. The molecule has 0 saturated carbocycles. The molecule has 0 aliphatic carbocycles. The van der Waals surface area contributed by atoms with Gasteiger partial charge in [-0.25, -0.2) is 17.2 Å². The molecule has 1 N–H and O–H groups in total. The fourth-order valence-corrected chi connectivity index (χ4v) is 4.62. The first-order valence-corrected chi connectivity index (χ1v) is 13.4. The molecule has 0 heterocycles. The second-order valence-corrected chi connectivity index (χ2v) is 10.5. The van der Waals surface area contributed by atoms with Gasteiger partial charge in [0.05, 0.1) is 11.9 Å². The van der Waals surface area contributed by atoms with E-state index in [4.69, 9.17) is 11.6 Å². The molecule has 0 aliphatic rings. The molecule has 0 radical (unpaired) electrons. The number of anilines is 1. The Bertz CT molecular complexity index is 1150. The van der Waals surface area contributed by atoms with E-state index in [1.807, 2.05) is 6.92 Å². The van der Waals surface area contributed by atoms with E-state index < -0.39 is 27.7 Å². The average molecular weight is 530 g/mol. The monoisotopic (exact) mass is 529 g/mol. The van der Waals surface area contributed by atoms with Gasteiger partial charge in [0.25, 0.3) is 0 Å². The Morgan fingerprint density at radius 3 is 2.43 bits per heavy atom. The molecule has 1 unspecified atom stereocenters. The molecule has 0 aromatic heterocycles. The number of sulfonamides is 1. The summed E-state index contributed by atoms with van der Waals surface area (Å²) < 4.78 is 52.4. The molecule has 0 fully saturated rings. The molecule has 1 atom stereocenters. The molecule has 2 aromatic rings. The van der Waals surface area contributed by atoms with Crippen molar-refractivity contribution in [2.45, 2.75) is 45.7 Å². The van der Waals surface area contributed by atoms with Crippen molar-refractivity contribution in [3.05, 3.63) is 64.7 Å². The second-order valence-electron chi connectivity index (χ2n) is 8.16. The minimum atomic E-state index is -3.82. The molecule has 192 valence electrons. The SMILES string of the molecule is CCCNC(=O)C(C)N(Cc1cccc(Cl)c1)C(=O)CCCN(c1ccc(F)c(F)c1)S(C)(=O)=O. The maximum Gasteiger partial charge on any atom is 0.242 e. The fourth-order valence-electron chi connectivity index (χ4n) is 3.45. The van der Waals surface area contributed by atoms with Gasteiger partial charge in [-0.05, 0) is 49.6 Å². The highest BCUT2D eigenvalue weighted by Crippen LogP contribution is 2.22. The van der Waals surface area contributed by atoms with Crippen LogP contribution in [0.15, 0.2) is 42.5 Å². The first-order valence-electron chi connectivity index (χ1n) is 11.2. The van der Waals surface area contributed by atoms with Gasteiger partial charge in [0.1, 0.15) is 6.04 Å². The van der Waals surface area contributed by atoms with Crippen LogP contribution >= 0.6 is 11.6 Å². The van der Waals surface area contributed by atoms with E-state index in [0.29, 0.717) is 11.6 Å². The van der Waals surface area contributed by atoms with Crippen molar-refractivity contribution >= 4 is 39.1 Å². The van der Waals surface area contributed by atoms with Gasteiger partial charge in [0.15, 0.2) is 11.6 Å². The summed E-state index contributed by atoms with van der Waals surface area (Å²) in [6.07, 6.45) is 1.72. The molecule has 2 aromatic carbocycles. The Balaban J connectivity index is 2.17. The summed E-state index contributed by atoms with van der Waals surface area (Å²) in [6.45, 7) is 4.02. The van der Waals surface area contributed by atoms with Crippen molar-refractivity contribution in [3.63, 3.8) is 0 Å². The highest BCUT2D eigenvalue weighted by Gasteiger charge is 2.26. The van der Waals surface area contributed by atoms with E-state index >= 15 is 0 Å². The maximum absolute atomic E-state index is 13.7. The van der Waals surface area contributed by atoms with Crippen LogP contribution in [0.4, 0.5) is 14.5 Å². The van der Waals surface area contributed by atoms with Crippen LogP contribution < -0.4 is 9.62 Å². The molecule has 11 heteroatoms. The van der Waals surface area contributed by atoms with E-state index in [2.05, 4.69) is 5.32 Å². The molecule has 0 bridgehead atoms. The van der Waals surface area contributed by atoms with E-state index in [9.17, 15) is 26.8 Å². The van der Waals surface area contributed by atoms with Crippen molar-refractivity contribution in [1.82, 2.24) is 10.2 Å². The first kappa shape index (κ1) is 28.5. The van der Waals surface area contributed by atoms with Crippen molar-refractivity contribution in [2.75, 3.05) is 23.7 Å². The standard InChI is InChI=1S/C24H30ClF2N3O4S/c1-4-12-28-24(32)17(2)29(16-18-7-5-8-19(25)14-18)23(31)9-6-13-30(35(3,33)34)20-10-11-21(26)22(27)15-20/h5,7-8,10-11,14-15,17H,4,6,9,12-13,16H2,1-3H3,(H,28,32). The number of hydrogen-bond donors (Lipinski definition) is 1. The van der Waals surface area contributed by atoms with Gasteiger partial charge in [0.2, 0.25) is 21.8 Å². The van der Waals surface area contributed by atoms with Crippen LogP contribution in [0.3, 0.4) is 0 Å². The number of carbonyl (C=O) groups is 2. The first-order chi connectivity index (χ1) is 16.4. The molecule has 2 amide bonds. The number of nitrogens with one attached hydrogen (secondary N) is 1. The van der Waals surface area contributed by atoms with Crippen LogP contribution in [0.2, 0.25) is 5.02 Å². The summed E-state index contributed by atoms with van der Waals surface area (Å²) in [5.74, 6) is -2.93. The molecular weight excluding hydrogens is 500 g/mol. The summed E-state index contributed by atoms with van der Waals surface area (Å²) in [6, 6.07) is 8.96. The van der Waals surface area contributed by atoms with Gasteiger partial charge in [-0.15, -0.1) is 0 Å². The largest absolute Gasteiger partial charge is 0.354 e. The van der Waals surface area contributed by atoms with Gasteiger partial charge >= 0.3 is 0 Å². The lowest BCUT2D eigenvalue weighted by atomic mass is 10.1. The zero-order chi connectivity index (χ0) is 26.2. The lowest BCUT2D eigenvalue weighted by Crippen LogP contribution is -2.47. The summed E-state index contributed by atoms with van der Waals surface area (Å²) in [5, 5.41) is 3.27. The summed E-state index contributed by atoms with van der Waals surface area (Å²) in [4.78, 5) is 27.1. The number of rotatable bonds is 12. The molecule has 0 spiro atoms. The van der Waals surface area contributed by atoms with E-state index in [-0.39, 0.29) is 43.4 Å². The minimum Gasteiger partial charge on any atom is -0.354 e. The highest BCUT2D eigenvalue weighted by atomic mass is 35.5. The Morgan fingerprint density at radius 2 is 1.83 bits per heavy atom. The van der Waals surface area contributed by atoms with Gasteiger partial charge in [-0.1, -0.05) is 30.7 Å². The highest BCUT2D eigenvalue weighted by molar-refractivity contribution is 7.92. The number of halogens is 3. The van der Waals surface area contributed by atoms with Crippen molar-refractivity contribution in [3.8, 4) is 0 Å². The van der Waals surface area contributed by atoms with Crippen LogP contribution in [-0.2, 0) is 26.2 Å². The summed E-state index contributed by atoms with van der Waals surface area (Å²) >= 11 is 6.06. The number of hydrogen-bond acceptors (Lipinski definition) is 4. The summed E-state index contributed by atoms with van der Waals surface area (Å²) in [5.41, 5.74) is 0.697. The van der Waals surface area contributed by atoms with Crippen LogP contribution in [0, 0.1) is 11.6 Å². The normalized spacial score (nSPS) is 12.2. The second kappa shape index (κ2) is 12.8. The van der Waals surface area contributed by atoms with Gasteiger partial charge < -0.3 is 10.2 Å². The third kappa shape index (κ3) is 8.47. The molecule has 0 aliphatic heterocycles. The lowest BCUT2D eigenvalue weighted by Gasteiger charge is -2.29. The van der Waals surface area contributed by atoms with Crippen molar-refractivity contribution < 1.29 is 26.8 Å². The molecule has 2 rings (SSSR count). The van der Waals surface area contributed by atoms with E-state index in [1.54, 1.807) is 31.2 Å². The van der Waals surface area contributed by atoms with E-state index in [1.165, 1.54) is 4.90 Å². The fraction of sp³-hybridized carbons (Fsp3) is 0.417. The van der Waals surface area contributed by atoms with Crippen molar-refractivity contribution in [1.29, 1.82) is 0 Å². The molecule has 35 heavy (non-hydrogen) atoms.